The molecular weight excluding hydrogens is 380 g/mol. The summed E-state index contributed by atoms with van der Waals surface area (Å²) in [5.41, 5.74) is 0.791. The van der Waals surface area contributed by atoms with Gasteiger partial charge in [-0.25, -0.2) is 9.97 Å². The predicted molar refractivity (Wildman–Crippen MR) is 101 cm³/mol. The molecule has 130 valence electrons. The maximum Gasteiger partial charge on any atom is 0.213 e. The second-order valence-electron chi connectivity index (χ2n) is 6.05. The van der Waals surface area contributed by atoms with Crippen LogP contribution in [0, 0.1) is 11.8 Å². The minimum atomic E-state index is 0.162. The van der Waals surface area contributed by atoms with Crippen molar-refractivity contribution >= 4 is 15.9 Å². The second-order valence-corrected chi connectivity index (χ2v) is 6.97. The van der Waals surface area contributed by atoms with E-state index in [-0.39, 0.29) is 12.2 Å². The number of ether oxygens (including phenoxy) is 2. The number of pyridine rings is 2. The van der Waals surface area contributed by atoms with Gasteiger partial charge in [0.25, 0.3) is 0 Å². The predicted octanol–water partition coefficient (Wildman–Crippen LogP) is 4.77. The number of unbranched alkanes of at least 4 members (excludes halogenated alkanes) is 2. The van der Waals surface area contributed by atoms with Gasteiger partial charge in [0, 0.05) is 36.0 Å². The lowest BCUT2D eigenvalue weighted by molar-refractivity contribution is 0.00207. The molecule has 0 saturated heterocycles. The summed E-state index contributed by atoms with van der Waals surface area (Å²) in [4.78, 5) is 8.56. The fraction of sp³-hybridized carbons (Fsp3) is 0.400. The van der Waals surface area contributed by atoms with E-state index in [1.807, 2.05) is 24.3 Å². The lowest BCUT2D eigenvalue weighted by Gasteiger charge is -2.34. The molecule has 0 atom stereocenters. The first kappa shape index (κ1) is 17.8. The highest BCUT2D eigenvalue weighted by Crippen LogP contribution is 2.29. The monoisotopic (exact) mass is 400 g/mol. The van der Waals surface area contributed by atoms with Crippen LogP contribution < -0.4 is 9.47 Å². The quantitative estimate of drug-likeness (QED) is 0.517. The molecule has 0 amide bonds. The van der Waals surface area contributed by atoms with Crippen LogP contribution in [0.25, 0.3) is 0 Å². The van der Waals surface area contributed by atoms with Crippen LogP contribution in [0.4, 0.5) is 0 Å². The summed E-state index contributed by atoms with van der Waals surface area (Å²) in [7, 11) is 0. The molecule has 1 fully saturated rings. The normalized spacial score (nSPS) is 18.6. The van der Waals surface area contributed by atoms with E-state index < -0.39 is 0 Å². The lowest BCUT2D eigenvalue weighted by atomic mass is 9.92. The Labute approximate surface area is 157 Å². The zero-order valence-corrected chi connectivity index (χ0v) is 15.8. The molecule has 0 radical (unpaired) electrons. The van der Waals surface area contributed by atoms with Crippen molar-refractivity contribution < 1.29 is 9.47 Å². The summed E-state index contributed by atoms with van der Waals surface area (Å²) in [6.45, 7) is 2.16. The number of hydrogen-bond donors (Lipinski definition) is 0. The summed E-state index contributed by atoms with van der Waals surface area (Å²) >= 11 is 3.36. The van der Waals surface area contributed by atoms with Gasteiger partial charge in [0.2, 0.25) is 5.88 Å². The number of aromatic nitrogens is 2. The third-order valence-electron chi connectivity index (χ3n) is 3.95. The summed E-state index contributed by atoms with van der Waals surface area (Å²) in [6, 6.07) is 7.63. The van der Waals surface area contributed by atoms with Crippen molar-refractivity contribution in [3.05, 3.63) is 46.8 Å². The van der Waals surface area contributed by atoms with Crippen molar-refractivity contribution in [1.29, 1.82) is 0 Å². The topological polar surface area (TPSA) is 44.2 Å². The molecule has 2 aromatic heterocycles. The molecule has 0 unspecified atom stereocenters. The minimum absolute atomic E-state index is 0.162. The van der Waals surface area contributed by atoms with Gasteiger partial charge in [-0.3, -0.25) is 0 Å². The van der Waals surface area contributed by atoms with Gasteiger partial charge in [-0.1, -0.05) is 19.3 Å². The minimum Gasteiger partial charge on any atom is -0.489 e. The van der Waals surface area contributed by atoms with Gasteiger partial charge in [-0.15, -0.1) is 0 Å². The Morgan fingerprint density at radius 1 is 1.08 bits per heavy atom. The molecule has 1 aliphatic rings. The van der Waals surface area contributed by atoms with E-state index >= 15 is 0 Å². The van der Waals surface area contributed by atoms with E-state index in [1.165, 1.54) is 6.42 Å². The fourth-order valence-corrected chi connectivity index (χ4v) is 2.68. The molecule has 0 N–H and O–H groups in total. The third kappa shape index (κ3) is 5.47. The van der Waals surface area contributed by atoms with Crippen LogP contribution in [0.1, 0.15) is 44.7 Å². The number of halogens is 1. The first-order valence-electron chi connectivity index (χ1n) is 8.62. The van der Waals surface area contributed by atoms with Crippen molar-refractivity contribution in [1.82, 2.24) is 9.97 Å². The summed E-state index contributed by atoms with van der Waals surface area (Å²) < 4.78 is 12.7. The average Bonchev–Trinajstić information content (AvgIpc) is 2.60. The Hall–Kier alpha value is -2.06. The highest BCUT2D eigenvalue weighted by atomic mass is 79.9. The maximum absolute atomic E-state index is 5.92. The average molecular weight is 401 g/mol. The number of rotatable bonds is 6. The molecule has 0 aliphatic heterocycles. The van der Waals surface area contributed by atoms with Crippen LogP contribution >= 0.6 is 15.9 Å². The Morgan fingerprint density at radius 2 is 1.92 bits per heavy atom. The van der Waals surface area contributed by atoms with Crippen molar-refractivity contribution in [2.45, 2.75) is 51.2 Å². The van der Waals surface area contributed by atoms with Crippen LogP contribution in [0.3, 0.4) is 0 Å². The zero-order valence-electron chi connectivity index (χ0n) is 14.2. The molecule has 4 nitrogen and oxygen atoms in total. The van der Waals surface area contributed by atoms with Crippen LogP contribution in [-0.2, 0) is 0 Å². The molecule has 0 aromatic carbocycles. The highest BCUT2D eigenvalue weighted by Gasteiger charge is 2.33. The molecule has 0 spiro atoms. The van der Waals surface area contributed by atoms with Crippen molar-refractivity contribution in [3.63, 3.8) is 0 Å². The largest absolute Gasteiger partial charge is 0.489 e. The van der Waals surface area contributed by atoms with E-state index in [9.17, 15) is 0 Å². The fourth-order valence-electron chi connectivity index (χ4n) is 2.45. The third-order valence-corrected chi connectivity index (χ3v) is 4.42. The molecule has 0 bridgehead atoms. The van der Waals surface area contributed by atoms with Crippen LogP contribution in [0.15, 0.2) is 41.1 Å². The van der Waals surface area contributed by atoms with Crippen molar-refractivity contribution in [2.75, 3.05) is 0 Å². The number of hydrogen-bond acceptors (Lipinski definition) is 4. The van der Waals surface area contributed by atoms with Gasteiger partial charge in [0.1, 0.15) is 23.7 Å². The Balaban J connectivity index is 1.42. The van der Waals surface area contributed by atoms with Gasteiger partial charge in [0.05, 0.1) is 6.20 Å². The van der Waals surface area contributed by atoms with Gasteiger partial charge >= 0.3 is 0 Å². The first-order chi connectivity index (χ1) is 12.2. The van der Waals surface area contributed by atoms with Gasteiger partial charge in [-0.05, 0) is 46.5 Å². The molecule has 25 heavy (non-hydrogen) atoms. The van der Waals surface area contributed by atoms with Crippen LogP contribution in [0.2, 0.25) is 0 Å². The lowest BCUT2D eigenvalue weighted by Crippen LogP contribution is -2.41. The van der Waals surface area contributed by atoms with E-state index in [1.54, 1.807) is 12.4 Å². The summed E-state index contributed by atoms with van der Waals surface area (Å²) in [5, 5.41) is 0. The van der Waals surface area contributed by atoms with E-state index in [2.05, 4.69) is 44.7 Å². The highest BCUT2D eigenvalue weighted by molar-refractivity contribution is 9.10. The molecule has 5 heteroatoms. The van der Waals surface area contributed by atoms with Gasteiger partial charge < -0.3 is 9.47 Å². The van der Waals surface area contributed by atoms with Gasteiger partial charge in [-0.2, -0.15) is 0 Å². The molecule has 1 aliphatic carbocycles. The molecule has 2 heterocycles. The van der Waals surface area contributed by atoms with E-state index in [0.29, 0.717) is 5.88 Å². The Kier molecular flexibility index (Phi) is 6.30. The molecule has 2 aromatic rings. The summed E-state index contributed by atoms with van der Waals surface area (Å²) in [5.74, 6) is 7.65. The van der Waals surface area contributed by atoms with Crippen LogP contribution in [0.5, 0.6) is 11.6 Å². The first-order valence-corrected chi connectivity index (χ1v) is 9.42. The van der Waals surface area contributed by atoms with Gasteiger partial charge in [0.15, 0.2) is 0 Å². The number of nitrogens with zero attached hydrogens (tertiary/aromatic N) is 2. The van der Waals surface area contributed by atoms with E-state index in [4.69, 9.17) is 9.47 Å². The molecular formula is C20H21BrN2O2. The second kappa shape index (κ2) is 8.87. The standard InChI is InChI=1S/C20H21BrN2O2/c1-2-3-4-5-6-16-8-9-17(14-22-16)24-18-11-19(12-18)25-20-10-7-15(21)13-23-20/h7-10,13-14,18-19H,2-4,11-12H2,1H3. The van der Waals surface area contributed by atoms with Crippen molar-refractivity contribution in [3.8, 4) is 23.5 Å². The molecule has 1 saturated carbocycles. The molecule has 3 rings (SSSR count). The van der Waals surface area contributed by atoms with Crippen LogP contribution in [-0.4, -0.2) is 22.2 Å². The summed E-state index contributed by atoms with van der Waals surface area (Å²) in [6.07, 6.45) is 8.75. The van der Waals surface area contributed by atoms with Crippen molar-refractivity contribution in [2.24, 2.45) is 0 Å². The Morgan fingerprint density at radius 3 is 2.60 bits per heavy atom. The van der Waals surface area contributed by atoms with E-state index in [0.717, 1.165) is 41.6 Å². The maximum atomic E-state index is 5.92. The zero-order chi connectivity index (χ0) is 17.5. The SMILES string of the molecule is CCCCC#Cc1ccc(OC2CC(Oc3ccc(Br)cn3)C2)cn1. The Bertz CT molecular complexity index is 729. The smallest absolute Gasteiger partial charge is 0.213 e.